The summed E-state index contributed by atoms with van der Waals surface area (Å²) in [4.78, 5) is 21.0. The highest BCUT2D eigenvalue weighted by molar-refractivity contribution is 5.68. The van der Waals surface area contributed by atoms with Gasteiger partial charge in [0, 0.05) is 0 Å². The fraction of sp³-hybridized carbons (Fsp3) is 0.273. The van der Waals surface area contributed by atoms with Crippen molar-refractivity contribution in [1.82, 2.24) is 5.32 Å². The van der Waals surface area contributed by atoms with Gasteiger partial charge in [0.05, 0.1) is 19.6 Å². The Hall–Kier alpha value is -2.04. The van der Waals surface area contributed by atoms with Crippen molar-refractivity contribution >= 4 is 12.4 Å². The molecule has 0 fully saturated rings. The molecule has 2 N–H and O–H groups in total. The number of carbonyl (C=O) groups excluding carboxylic acids is 1. The molecule has 0 radical (unpaired) electrons. The zero-order valence-corrected chi connectivity index (χ0v) is 8.84. The molecule has 1 amide bonds. The Labute approximate surface area is 93.0 Å². The Balaban J connectivity index is 2.90. The monoisotopic (exact) mass is 223 g/mol. The van der Waals surface area contributed by atoms with Crippen molar-refractivity contribution < 1.29 is 19.4 Å². The molecule has 1 atom stereocenters. The van der Waals surface area contributed by atoms with Crippen LogP contribution >= 0.6 is 0 Å². The van der Waals surface area contributed by atoms with Crippen molar-refractivity contribution in [3.63, 3.8) is 0 Å². The lowest BCUT2D eigenvalue weighted by Gasteiger charge is -2.14. The summed E-state index contributed by atoms with van der Waals surface area (Å²) in [5.74, 6) is -0.345. The van der Waals surface area contributed by atoms with Crippen LogP contribution in [0.1, 0.15) is 18.0 Å². The molecule has 16 heavy (non-hydrogen) atoms. The Kier molecular flexibility index (Phi) is 4.32. The number of benzene rings is 1. The van der Waals surface area contributed by atoms with E-state index in [0.29, 0.717) is 17.7 Å². The van der Waals surface area contributed by atoms with E-state index < -0.39 is 12.0 Å². The number of carboxylic acids is 1. The number of rotatable bonds is 6. The van der Waals surface area contributed by atoms with Gasteiger partial charge in [-0.3, -0.25) is 9.59 Å². The highest BCUT2D eigenvalue weighted by atomic mass is 16.5. The van der Waals surface area contributed by atoms with E-state index in [9.17, 15) is 9.59 Å². The van der Waals surface area contributed by atoms with Gasteiger partial charge in [0.1, 0.15) is 5.75 Å². The molecule has 0 aromatic heterocycles. The summed E-state index contributed by atoms with van der Waals surface area (Å²) >= 11 is 0. The van der Waals surface area contributed by atoms with E-state index in [4.69, 9.17) is 9.84 Å². The molecule has 1 unspecified atom stereocenters. The van der Waals surface area contributed by atoms with Crippen LogP contribution in [0.5, 0.6) is 5.75 Å². The maximum Gasteiger partial charge on any atom is 0.305 e. The van der Waals surface area contributed by atoms with E-state index in [1.807, 2.05) is 0 Å². The van der Waals surface area contributed by atoms with E-state index in [0.717, 1.165) is 0 Å². The molecule has 1 aromatic carbocycles. The highest BCUT2D eigenvalue weighted by Crippen LogP contribution is 2.21. The molecule has 0 aliphatic carbocycles. The normalized spacial score (nSPS) is 11.6. The number of hydrogen-bond donors (Lipinski definition) is 2. The van der Waals surface area contributed by atoms with E-state index in [1.54, 1.807) is 24.3 Å². The van der Waals surface area contributed by atoms with E-state index >= 15 is 0 Å². The number of carboxylic acid groups (broad SMARTS) is 1. The van der Waals surface area contributed by atoms with Gasteiger partial charge >= 0.3 is 5.97 Å². The molecular weight excluding hydrogens is 210 g/mol. The average molecular weight is 223 g/mol. The van der Waals surface area contributed by atoms with Gasteiger partial charge in [-0.05, 0) is 17.7 Å². The second kappa shape index (κ2) is 5.75. The van der Waals surface area contributed by atoms with Gasteiger partial charge in [0.25, 0.3) is 0 Å². The zero-order chi connectivity index (χ0) is 12.0. The zero-order valence-electron chi connectivity index (χ0n) is 8.84. The molecule has 1 rings (SSSR count). The SMILES string of the molecule is COc1cccc(C(CC(=O)O)NC=O)c1. The Morgan fingerprint density at radius 1 is 1.62 bits per heavy atom. The Morgan fingerprint density at radius 2 is 2.38 bits per heavy atom. The fourth-order valence-corrected chi connectivity index (χ4v) is 1.39. The van der Waals surface area contributed by atoms with Crippen LogP contribution in [0.4, 0.5) is 0 Å². The first-order valence-corrected chi connectivity index (χ1v) is 4.72. The van der Waals surface area contributed by atoms with Gasteiger partial charge < -0.3 is 15.2 Å². The Morgan fingerprint density at radius 3 is 2.94 bits per heavy atom. The van der Waals surface area contributed by atoms with Crippen molar-refractivity contribution in [2.24, 2.45) is 0 Å². The van der Waals surface area contributed by atoms with E-state index in [1.165, 1.54) is 7.11 Å². The number of methoxy groups -OCH3 is 1. The lowest BCUT2D eigenvalue weighted by atomic mass is 10.0. The molecule has 5 heteroatoms. The van der Waals surface area contributed by atoms with Gasteiger partial charge in [-0.2, -0.15) is 0 Å². The number of hydrogen-bond acceptors (Lipinski definition) is 3. The lowest BCUT2D eigenvalue weighted by Crippen LogP contribution is -2.22. The van der Waals surface area contributed by atoms with Crippen LogP contribution in [0, 0.1) is 0 Å². The summed E-state index contributed by atoms with van der Waals surface area (Å²) < 4.78 is 5.02. The number of ether oxygens (including phenoxy) is 1. The van der Waals surface area contributed by atoms with Crippen molar-refractivity contribution in [2.45, 2.75) is 12.5 Å². The maximum atomic E-state index is 10.6. The van der Waals surface area contributed by atoms with Crippen LogP contribution in [0.2, 0.25) is 0 Å². The van der Waals surface area contributed by atoms with Crippen LogP contribution in [0.3, 0.4) is 0 Å². The van der Waals surface area contributed by atoms with Gasteiger partial charge in [-0.15, -0.1) is 0 Å². The molecule has 5 nitrogen and oxygen atoms in total. The first-order valence-electron chi connectivity index (χ1n) is 4.72. The fourth-order valence-electron chi connectivity index (χ4n) is 1.39. The average Bonchev–Trinajstić information content (AvgIpc) is 2.28. The summed E-state index contributed by atoms with van der Waals surface area (Å²) in [6.07, 6.45) is 0.332. The minimum atomic E-state index is -0.970. The van der Waals surface area contributed by atoms with Crippen molar-refractivity contribution in [2.75, 3.05) is 7.11 Å². The summed E-state index contributed by atoms with van der Waals surface area (Å²) in [6, 6.07) is 6.40. The highest BCUT2D eigenvalue weighted by Gasteiger charge is 2.14. The van der Waals surface area contributed by atoms with Gasteiger partial charge in [-0.1, -0.05) is 12.1 Å². The van der Waals surface area contributed by atoms with Gasteiger partial charge in [-0.25, -0.2) is 0 Å². The molecule has 0 aliphatic heterocycles. The summed E-state index contributed by atoms with van der Waals surface area (Å²) in [5, 5.41) is 11.2. The molecule has 0 bridgehead atoms. The topological polar surface area (TPSA) is 75.6 Å². The molecule has 0 aliphatic rings. The van der Waals surface area contributed by atoms with Crippen LogP contribution in [-0.4, -0.2) is 24.6 Å². The standard InChI is InChI=1S/C11H13NO4/c1-16-9-4-2-3-8(5-9)10(12-7-13)6-11(14)15/h2-5,7,10H,6H2,1H3,(H,12,13)(H,14,15). The van der Waals surface area contributed by atoms with E-state index in [-0.39, 0.29) is 6.42 Å². The van der Waals surface area contributed by atoms with Gasteiger partial charge in [0.15, 0.2) is 0 Å². The molecule has 0 spiro atoms. The van der Waals surface area contributed by atoms with Crippen LogP contribution in [0.15, 0.2) is 24.3 Å². The first kappa shape index (κ1) is 12.0. The third kappa shape index (κ3) is 3.27. The second-order valence-electron chi connectivity index (χ2n) is 3.21. The predicted octanol–water partition coefficient (Wildman–Crippen LogP) is 0.957. The van der Waals surface area contributed by atoms with Crippen molar-refractivity contribution in [3.8, 4) is 5.75 Å². The molecule has 86 valence electrons. The van der Waals surface area contributed by atoms with Crippen LogP contribution in [0.25, 0.3) is 0 Å². The third-order valence-electron chi connectivity index (χ3n) is 2.14. The minimum Gasteiger partial charge on any atom is -0.497 e. The summed E-state index contributed by atoms with van der Waals surface area (Å²) in [6.45, 7) is 0. The van der Waals surface area contributed by atoms with Gasteiger partial charge in [0.2, 0.25) is 6.41 Å². The largest absolute Gasteiger partial charge is 0.497 e. The maximum absolute atomic E-state index is 10.6. The molecule has 0 heterocycles. The molecule has 0 saturated heterocycles. The van der Waals surface area contributed by atoms with Crippen LogP contribution in [-0.2, 0) is 9.59 Å². The predicted molar refractivity (Wildman–Crippen MR) is 57.2 cm³/mol. The second-order valence-corrected chi connectivity index (χ2v) is 3.21. The number of aliphatic carboxylic acids is 1. The number of amides is 1. The van der Waals surface area contributed by atoms with Crippen molar-refractivity contribution in [3.05, 3.63) is 29.8 Å². The Bertz CT molecular complexity index is 378. The molecular formula is C11H13NO4. The third-order valence-corrected chi connectivity index (χ3v) is 2.14. The lowest BCUT2D eigenvalue weighted by molar-refractivity contribution is -0.137. The first-order chi connectivity index (χ1) is 7.67. The molecule has 0 saturated carbocycles. The van der Waals surface area contributed by atoms with E-state index in [2.05, 4.69) is 5.32 Å². The minimum absolute atomic E-state index is 0.161. The quantitative estimate of drug-likeness (QED) is 0.704. The number of nitrogens with one attached hydrogen (secondary N) is 1. The smallest absolute Gasteiger partial charge is 0.305 e. The van der Waals surface area contributed by atoms with Crippen molar-refractivity contribution in [1.29, 1.82) is 0 Å². The summed E-state index contributed by atoms with van der Waals surface area (Å²) in [5.41, 5.74) is 0.703. The van der Waals surface area contributed by atoms with Crippen LogP contribution < -0.4 is 10.1 Å². The number of carbonyl (C=O) groups is 2. The summed E-state index contributed by atoms with van der Waals surface area (Å²) in [7, 11) is 1.53. The molecule has 1 aromatic rings.